The molecule has 27 heavy (non-hydrogen) atoms. The Morgan fingerprint density at radius 1 is 0.963 bits per heavy atom. The van der Waals surface area contributed by atoms with E-state index >= 15 is 0 Å². The molecule has 1 aliphatic rings. The third kappa shape index (κ3) is 4.02. The summed E-state index contributed by atoms with van der Waals surface area (Å²) in [6.07, 6.45) is -1.45. The molecular weight excluding hydrogens is 379 g/mol. The van der Waals surface area contributed by atoms with Crippen molar-refractivity contribution in [3.05, 3.63) is 65.2 Å². The van der Waals surface area contributed by atoms with Crippen molar-refractivity contribution in [3.63, 3.8) is 0 Å². The molecule has 0 radical (unpaired) electrons. The van der Waals surface area contributed by atoms with Crippen molar-refractivity contribution in [3.8, 4) is 0 Å². The van der Waals surface area contributed by atoms with Crippen molar-refractivity contribution in [2.75, 3.05) is 6.54 Å². The summed E-state index contributed by atoms with van der Waals surface area (Å²) in [5, 5.41) is 10.3. The van der Waals surface area contributed by atoms with E-state index in [4.69, 9.17) is 0 Å². The molecule has 1 atom stereocenters. The molecule has 0 saturated heterocycles. The van der Waals surface area contributed by atoms with E-state index in [1.807, 2.05) is 4.72 Å². The lowest BCUT2D eigenvalue weighted by Gasteiger charge is -2.31. The van der Waals surface area contributed by atoms with Gasteiger partial charge in [-0.2, -0.15) is 13.2 Å². The smallest absolute Gasteiger partial charge is 0.375 e. The van der Waals surface area contributed by atoms with Crippen molar-refractivity contribution in [2.24, 2.45) is 0 Å². The van der Waals surface area contributed by atoms with Crippen molar-refractivity contribution < 1.29 is 26.7 Å². The van der Waals surface area contributed by atoms with Crippen molar-refractivity contribution in [1.82, 2.24) is 4.72 Å². The fraction of sp³-hybridized carbons (Fsp3) is 0.368. The Morgan fingerprint density at radius 2 is 1.59 bits per heavy atom. The molecule has 8 heteroatoms. The van der Waals surface area contributed by atoms with Crippen LogP contribution in [0.2, 0.25) is 0 Å². The molecule has 3 rings (SSSR count). The third-order valence-electron chi connectivity index (χ3n) is 4.87. The third-order valence-corrected chi connectivity index (χ3v) is 6.27. The van der Waals surface area contributed by atoms with E-state index in [1.54, 1.807) is 6.07 Å². The van der Waals surface area contributed by atoms with Crippen LogP contribution in [-0.4, -0.2) is 26.2 Å². The van der Waals surface area contributed by atoms with E-state index < -0.39 is 33.9 Å². The number of nitrogens with one attached hydrogen (secondary N) is 1. The van der Waals surface area contributed by atoms with Gasteiger partial charge in [0.25, 0.3) is 0 Å². The second kappa shape index (κ2) is 7.26. The van der Waals surface area contributed by atoms with Gasteiger partial charge in [0, 0.05) is 0 Å². The summed E-state index contributed by atoms with van der Waals surface area (Å²) in [6, 6.07) is 11.0. The molecule has 0 aromatic heterocycles. The molecule has 0 heterocycles. The van der Waals surface area contributed by atoms with Crippen LogP contribution >= 0.6 is 0 Å². The first-order chi connectivity index (χ1) is 12.6. The number of benzene rings is 2. The minimum atomic E-state index is -5.05. The van der Waals surface area contributed by atoms with Crippen LogP contribution in [0.15, 0.2) is 53.4 Å². The average molecular weight is 399 g/mol. The summed E-state index contributed by atoms with van der Waals surface area (Å²) in [5.74, 6) is 0. The Balaban J connectivity index is 1.87. The molecular formula is C19H20F3NO3S. The number of aliphatic hydroxyl groups is 1. The van der Waals surface area contributed by atoms with E-state index in [-0.39, 0.29) is 4.90 Å². The normalized spacial score (nSPS) is 17.2. The Kier molecular flexibility index (Phi) is 5.33. The predicted molar refractivity (Wildman–Crippen MR) is 94.7 cm³/mol. The van der Waals surface area contributed by atoms with Gasteiger partial charge in [0.1, 0.15) is 0 Å². The highest BCUT2D eigenvalue weighted by molar-refractivity contribution is 7.89. The lowest BCUT2D eigenvalue weighted by atomic mass is 9.92. The van der Waals surface area contributed by atoms with Crippen molar-refractivity contribution >= 4 is 10.0 Å². The summed E-state index contributed by atoms with van der Waals surface area (Å²) in [4.78, 5) is -0.0965. The van der Waals surface area contributed by atoms with E-state index in [2.05, 4.69) is 0 Å². The maximum absolute atomic E-state index is 13.5. The average Bonchev–Trinajstić information content (AvgIpc) is 2.65. The molecule has 2 aromatic rings. The summed E-state index contributed by atoms with van der Waals surface area (Å²) in [7, 11) is -4.21. The highest BCUT2D eigenvalue weighted by Crippen LogP contribution is 2.38. The van der Waals surface area contributed by atoms with E-state index in [9.17, 15) is 26.7 Å². The fourth-order valence-corrected chi connectivity index (χ4v) is 4.35. The molecule has 1 aliphatic carbocycles. The molecule has 2 N–H and O–H groups in total. The van der Waals surface area contributed by atoms with Crippen LogP contribution in [0.5, 0.6) is 0 Å². The highest BCUT2D eigenvalue weighted by Gasteiger charge is 2.55. The molecule has 0 spiro atoms. The van der Waals surface area contributed by atoms with Gasteiger partial charge in [0.05, 0.1) is 11.4 Å². The molecule has 2 aromatic carbocycles. The van der Waals surface area contributed by atoms with Gasteiger partial charge >= 0.3 is 6.18 Å². The van der Waals surface area contributed by atoms with Gasteiger partial charge in [0.2, 0.25) is 10.0 Å². The highest BCUT2D eigenvalue weighted by atomic mass is 32.2. The number of halogens is 3. The first kappa shape index (κ1) is 19.9. The van der Waals surface area contributed by atoms with Crippen LogP contribution in [0.3, 0.4) is 0 Å². The van der Waals surface area contributed by atoms with Crippen LogP contribution in [0.4, 0.5) is 13.2 Å². The zero-order valence-electron chi connectivity index (χ0n) is 14.5. The number of hydrogen-bond donors (Lipinski definition) is 2. The van der Waals surface area contributed by atoms with Gasteiger partial charge in [-0.1, -0.05) is 36.4 Å². The number of alkyl halides is 3. The number of aryl methyl sites for hydroxylation is 2. The van der Waals surface area contributed by atoms with Gasteiger partial charge in [0.15, 0.2) is 5.60 Å². The minimum absolute atomic E-state index is 0.0965. The van der Waals surface area contributed by atoms with Crippen LogP contribution < -0.4 is 4.72 Å². The Bertz CT molecular complexity index is 914. The standard InChI is InChI=1S/C19H20F3NO3S/c20-19(21,22)18(24,16-8-2-1-3-9-16)13-23-27(25,26)17-11-10-14-6-4-5-7-15(14)12-17/h1-3,8-12,23-24H,4-7,13H2. The molecule has 1 unspecified atom stereocenters. The number of rotatable bonds is 5. The Labute approximate surface area is 156 Å². The summed E-state index contributed by atoms with van der Waals surface area (Å²) < 4.78 is 67.5. The molecule has 0 aliphatic heterocycles. The summed E-state index contributed by atoms with van der Waals surface area (Å²) >= 11 is 0. The number of fused-ring (bicyclic) bond motifs is 1. The summed E-state index contributed by atoms with van der Waals surface area (Å²) in [6.45, 7) is -1.21. The molecule has 0 amide bonds. The minimum Gasteiger partial charge on any atom is -0.375 e. The Morgan fingerprint density at radius 3 is 2.22 bits per heavy atom. The largest absolute Gasteiger partial charge is 0.422 e. The predicted octanol–water partition coefficient (Wildman–Crippen LogP) is 3.29. The topological polar surface area (TPSA) is 66.4 Å². The first-order valence-corrected chi connectivity index (χ1v) is 10.1. The van der Waals surface area contributed by atoms with Gasteiger partial charge in [-0.05, 0) is 54.5 Å². The maximum atomic E-state index is 13.5. The Hall–Kier alpha value is -1.90. The van der Waals surface area contributed by atoms with Crippen LogP contribution in [0.1, 0.15) is 29.5 Å². The van der Waals surface area contributed by atoms with Gasteiger partial charge in [-0.15, -0.1) is 0 Å². The monoisotopic (exact) mass is 399 g/mol. The van der Waals surface area contributed by atoms with Crippen LogP contribution in [-0.2, 0) is 28.5 Å². The summed E-state index contributed by atoms with van der Waals surface area (Å²) in [5.41, 5.74) is -1.78. The molecule has 0 saturated carbocycles. The second-order valence-electron chi connectivity index (χ2n) is 6.69. The molecule has 4 nitrogen and oxygen atoms in total. The molecule has 0 bridgehead atoms. The number of hydrogen-bond acceptors (Lipinski definition) is 3. The van der Waals surface area contributed by atoms with Gasteiger partial charge in [-0.25, -0.2) is 13.1 Å². The van der Waals surface area contributed by atoms with Gasteiger partial charge < -0.3 is 5.11 Å². The maximum Gasteiger partial charge on any atom is 0.422 e. The van der Waals surface area contributed by atoms with Gasteiger partial charge in [-0.3, -0.25) is 0 Å². The lowest BCUT2D eigenvalue weighted by Crippen LogP contribution is -2.51. The van der Waals surface area contributed by atoms with Crippen LogP contribution in [0, 0.1) is 0 Å². The fourth-order valence-electron chi connectivity index (χ4n) is 3.24. The van der Waals surface area contributed by atoms with E-state index in [0.29, 0.717) is 0 Å². The zero-order chi connectivity index (χ0) is 19.7. The SMILES string of the molecule is O=S(=O)(NCC(O)(c1ccccc1)C(F)(F)F)c1ccc2c(c1)CCCC2. The molecule has 0 fully saturated rings. The molecule has 146 valence electrons. The first-order valence-electron chi connectivity index (χ1n) is 8.60. The zero-order valence-corrected chi connectivity index (χ0v) is 15.3. The van der Waals surface area contributed by atoms with Crippen molar-refractivity contribution in [2.45, 2.75) is 42.4 Å². The second-order valence-corrected chi connectivity index (χ2v) is 8.45. The number of sulfonamides is 1. The van der Waals surface area contributed by atoms with E-state index in [1.165, 1.54) is 30.3 Å². The van der Waals surface area contributed by atoms with Crippen molar-refractivity contribution in [1.29, 1.82) is 0 Å². The quantitative estimate of drug-likeness (QED) is 0.811. The van der Waals surface area contributed by atoms with Crippen LogP contribution in [0.25, 0.3) is 0 Å². The lowest BCUT2D eigenvalue weighted by molar-refractivity contribution is -0.263. The van der Waals surface area contributed by atoms with E-state index in [0.717, 1.165) is 48.9 Å².